The summed E-state index contributed by atoms with van der Waals surface area (Å²) in [6.07, 6.45) is 5.50. The molecule has 2 atom stereocenters. The van der Waals surface area contributed by atoms with Crippen LogP contribution in [0.25, 0.3) is 5.82 Å². The Hall–Kier alpha value is -2.15. The van der Waals surface area contributed by atoms with Crippen LogP contribution in [-0.2, 0) is 0 Å². The number of nitrogens with zero attached hydrogens (tertiary/aromatic N) is 5. The fraction of sp³-hybridized carbons (Fsp3) is 0.462. The number of nitrogen functional groups attached to an aromatic ring is 1. The number of hydrogen-bond acceptors (Lipinski definition) is 6. The Morgan fingerprint density at radius 1 is 1.35 bits per heavy atom. The van der Waals surface area contributed by atoms with Gasteiger partial charge in [-0.15, -0.1) is 0 Å². The largest absolute Gasteiger partial charge is 0.393 e. The Kier molecular flexibility index (Phi) is 3.27. The lowest BCUT2D eigenvalue weighted by atomic mass is 9.96. The van der Waals surface area contributed by atoms with Crippen molar-refractivity contribution in [1.82, 2.24) is 19.7 Å². The van der Waals surface area contributed by atoms with Gasteiger partial charge in [-0.3, -0.25) is 0 Å². The van der Waals surface area contributed by atoms with E-state index in [0.29, 0.717) is 29.8 Å². The first-order valence-electron chi connectivity index (χ1n) is 6.70. The molecule has 0 bridgehead atoms. The molecule has 0 aromatic carbocycles. The molecule has 1 aliphatic rings. The van der Waals surface area contributed by atoms with Gasteiger partial charge in [0.1, 0.15) is 12.0 Å². The van der Waals surface area contributed by atoms with Gasteiger partial charge in [-0.25, -0.2) is 14.6 Å². The summed E-state index contributed by atoms with van der Waals surface area (Å²) in [6, 6.07) is 1.81. The highest BCUT2D eigenvalue weighted by Crippen LogP contribution is 2.28. The van der Waals surface area contributed by atoms with E-state index in [1.165, 1.54) is 6.33 Å². The van der Waals surface area contributed by atoms with Gasteiger partial charge in [0.05, 0.1) is 6.10 Å². The normalized spacial score (nSPS) is 23.0. The van der Waals surface area contributed by atoms with Crippen molar-refractivity contribution in [2.75, 3.05) is 23.7 Å². The Morgan fingerprint density at radius 2 is 2.15 bits per heavy atom. The molecule has 1 saturated heterocycles. The summed E-state index contributed by atoms with van der Waals surface area (Å²) in [5, 5.41) is 14.1. The topological polar surface area (TPSA) is 93.1 Å². The average molecular weight is 274 g/mol. The minimum absolute atomic E-state index is 0.305. The highest BCUT2D eigenvalue weighted by molar-refractivity contribution is 5.70. The Balaban J connectivity index is 1.93. The van der Waals surface area contributed by atoms with Crippen LogP contribution in [0.15, 0.2) is 24.8 Å². The van der Waals surface area contributed by atoms with Crippen LogP contribution in [0.5, 0.6) is 0 Å². The molecule has 20 heavy (non-hydrogen) atoms. The fourth-order valence-corrected chi connectivity index (χ4v) is 2.45. The maximum Gasteiger partial charge on any atom is 0.181 e. The van der Waals surface area contributed by atoms with Crippen molar-refractivity contribution < 1.29 is 5.11 Å². The van der Waals surface area contributed by atoms with Crippen LogP contribution < -0.4 is 10.6 Å². The third-order valence-corrected chi connectivity index (χ3v) is 3.78. The summed E-state index contributed by atoms with van der Waals surface area (Å²) >= 11 is 0. The van der Waals surface area contributed by atoms with E-state index in [-0.39, 0.29) is 6.10 Å². The van der Waals surface area contributed by atoms with E-state index in [0.717, 1.165) is 13.0 Å². The molecule has 0 amide bonds. The standard InChI is InChI=1S/C13H18N6O/c1-9-3-6-18(7-10(9)20)12-11(14)13(16-8-15-12)19-5-2-4-17-19/h2,4-5,8-10,20H,3,6-7,14H2,1H3. The van der Waals surface area contributed by atoms with E-state index in [1.807, 2.05) is 11.0 Å². The second kappa shape index (κ2) is 5.09. The van der Waals surface area contributed by atoms with Gasteiger partial charge in [-0.2, -0.15) is 5.10 Å². The first kappa shape index (κ1) is 12.9. The van der Waals surface area contributed by atoms with Crippen LogP contribution in [0.3, 0.4) is 0 Å². The lowest BCUT2D eigenvalue weighted by molar-refractivity contribution is 0.102. The fourth-order valence-electron chi connectivity index (χ4n) is 2.45. The van der Waals surface area contributed by atoms with Gasteiger partial charge in [0.25, 0.3) is 0 Å². The number of aliphatic hydroxyl groups is 1. The van der Waals surface area contributed by atoms with Crippen molar-refractivity contribution in [3.63, 3.8) is 0 Å². The van der Waals surface area contributed by atoms with Gasteiger partial charge in [0, 0.05) is 25.5 Å². The second-order valence-electron chi connectivity index (χ2n) is 5.16. The maximum atomic E-state index is 10.0. The van der Waals surface area contributed by atoms with E-state index in [1.54, 1.807) is 17.1 Å². The number of rotatable bonds is 2. The molecule has 3 N–H and O–H groups in total. The molecule has 2 aromatic rings. The molecule has 2 unspecified atom stereocenters. The summed E-state index contributed by atoms with van der Waals surface area (Å²) < 4.78 is 1.61. The minimum atomic E-state index is -0.355. The van der Waals surface area contributed by atoms with Crippen LogP contribution in [0.2, 0.25) is 0 Å². The maximum absolute atomic E-state index is 10.0. The average Bonchev–Trinajstić information content (AvgIpc) is 2.96. The van der Waals surface area contributed by atoms with Gasteiger partial charge in [0.2, 0.25) is 0 Å². The summed E-state index contributed by atoms with van der Waals surface area (Å²) in [5.74, 6) is 1.53. The molecule has 7 heteroatoms. The van der Waals surface area contributed by atoms with Crippen molar-refractivity contribution in [1.29, 1.82) is 0 Å². The van der Waals surface area contributed by atoms with Gasteiger partial charge >= 0.3 is 0 Å². The molecular formula is C13H18N6O. The molecule has 3 heterocycles. The van der Waals surface area contributed by atoms with Crippen molar-refractivity contribution in [2.45, 2.75) is 19.4 Å². The monoisotopic (exact) mass is 274 g/mol. The number of piperidine rings is 1. The van der Waals surface area contributed by atoms with E-state index >= 15 is 0 Å². The van der Waals surface area contributed by atoms with Crippen molar-refractivity contribution in [3.8, 4) is 5.82 Å². The Bertz CT molecular complexity index is 585. The van der Waals surface area contributed by atoms with Gasteiger partial charge in [0.15, 0.2) is 11.6 Å². The quantitative estimate of drug-likeness (QED) is 0.826. The number of hydrogen-bond donors (Lipinski definition) is 2. The predicted molar refractivity (Wildman–Crippen MR) is 75.6 cm³/mol. The molecule has 0 radical (unpaired) electrons. The van der Waals surface area contributed by atoms with Gasteiger partial charge < -0.3 is 15.7 Å². The lowest BCUT2D eigenvalue weighted by Crippen LogP contribution is -2.43. The summed E-state index contributed by atoms with van der Waals surface area (Å²) in [4.78, 5) is 10.5. The first-order valence-corrected chi connectivity index (χ1v) is 6.70. The smallest absolute Gasteiger partial charge is 0.181 e. The highest BCUT2D eigenvalue weighted by Gasteiger charge is 2.27. The highest BCUT2D eigenvalue weighted by atomic mass is 16.3. The summed E-state index contributed by atoms with van der Waals surface area (Å²) in [5.41, 5.74) is 6.66. The summed E-state index contributed by atoms with van der Waals surface area (Å²) in [6.45, 7) is 3.43. The Labute approximate surface area is 117 Å². The molecule has 1 aliphatic heterocycles. The lowest BCUT2D eigenvalue weighted by Gasteiger charge is -2.35. The number of aromatic nitrogens is 4. The van der Waals surface area contributed by atoms with Gasteiger partial charge in [-0.05, 0) is 18.4 Å². The number of nitrogens with two attached hydrogens (primary N) is 1. The molecule has 3 rings (SSSR count). The molecule has 0 aliphatic carbocycles. The molecule has 2 aromatic heterocycles. The first-order chi connectivity index (χ1) is 9.66. The molecule has 1 fully saturated rings. The molecular weight excluding hydrogens is 256 g/mol. The van der Waals surface area contributed by atoms with Crippen LogP contribution in [0, 0.1) is 5.92 Å². The third kappa shape index (κ3) is 2.20. The zero-order valence-corrected chi connectivity index (χ0v) is 11.3. The summed E-state index contributed by atoms with van der Waals surface area (Å²) in [7, 11) is 0. The van der Waals surface area contributed by atoms with E-state index in [2.05, 4.69) is 22.0 Å². The molecule has 106 valence electrons. The Morgan fingerprint density at radius 3 is 2.85 bits per heavy atom. The molecule has 0 saturated carbocycles. The minimum Gasteiger partial charge on any atom is -0.393 e. The van der Waals surface area contributed by atoms with Crippen LogP contribution >= 0.6 is 0 Å². The number of β-amino-alcohol motifs (C(OH)–C–C–N with tert-alkyl or cyclic N) is 1. The third-order valence-electron chi connectivity index (χ3n) is 3.78. The molecule has 7 nitrogen and oxygen atoms in total. The van der Waals surface area contributed by atoms with Crippen molar-refractivity contribution >= 4 is 11.5 Å². The number of aliphatic hydroxyl groups excluding tert-OH is 1. The van der Waals surface area contributed by atoms with Crippen molar-refractivity contribution in [2.24, 2.45) is 5.92 Å². The van der Waals surface area contributed by atoms with Crippen LogP contribution in [-0.4, -0.2) is 44.0 Å². The zero-order chi connectivity index (χ0) is 14.1. The second-order valence-corrected chi connectivity index (χ2v) is 5.16. The van der Waals surface area contributed by atoms with E-state index < -0.39 is 0 Å². The van der Waals surface area contributed by atoms with Crippen molar-refractivity contribution in [3.05, 3.63) is 24.8 Å². The van der Waals surface area contributed by atoms with E-state index in [4.69, 9.17) is 5.73 Å². The van der Waals surface area contributed by atoms with Crippen LogP contribution in [0.4, 0.5) is 11.5 Å². The predicted octanol–water partition coefficient (Wildman–Crippen LogP) is 0.452. The molecule has 0 spiro atoms. The van der Waals surface area contributed by atoms with E-state index in [9.17, 15) is 5.11 Å². The SMILES string of the molecule is CC1CCN(c2ncnc(-n3cccn3)c2N)CC1O. The zero-order valence-electron chi connectivity index (χ0n) is 11.3. The van der Waals surface area contributed by atoms with Gasteiger partial charge in [-0.1, -0.05) is 6.92 Å². The number of anilines is 2. The van der Waals surface area contributed by atoms with Crippen LogP contribution in [0.1, 0.15) is 13.3 Å².